The number of hydrogen-bond acceptors (Lipinski definition) is 6. The Morgan fingerprint density at radius 1 is 1.10 bits per heavy atom. The van der Waals surface area contributed by atoms with Crippen molar-refractivity contribution in [3.63, 3.8) is 0 Å². The summed E-state index contributed by atoms with van der Waals surface area (Å²) in [6, 6.07) is 6.20. The third-order valence-electron chi connectivity index (χ3n) is 5.46. The molecule has 0 saturated heterocycles. The summed E-state index contributed by atoms with van der Waals surface area (Å²) in [5, 5.41) is 30.9. The monoisotopic (exact) mass is 422 g/mol. The maximum absolute atomic E-state index is 13.4. The lowest BCUT2D eigenvalue weighted by atomic mass is 9.91. The van der Waals surface area contributed by atoms with E-state index in [1.165, 1.54) is 18.4 Å². The van der Waals surface area contributed by atoms with Gasteiger partial charge >= 0.3 is 0 Å². The molecule has 0 fully saturated rings. The molecule has 2 heterocycles. The average molecular weight is 422 g/mol. The molecule has 0 atom stereocenters. The van der Waals surface area contributed by atoms with E-state index in [1.807, 2.05) is 19.9 Å². The number of ether oxygens (including phenoxy) is 1. The summed E-state index contributed by atoms with van der Waals surface area (Å²) >= 11 is 0. The fourth-order valence-electron chi connectivity index (χ4n) is 3.76. The summed E-state index contributed by atoms with van der Waals surface area (Å²) in [5.41, 5.74) is 0.249. The van der Waals surface area contributed by atoms with E-state index in [0.717, 1.165) is 0 Å². The minimum atomic E-state index is -0.927. The second-order valence-corrected chi connectivity index (χ2v) is 9.15. The van der Waals surface area contributed by atoms with Gasteiger partial charge in [0.2, 0.25) is 5.43 Å². The van der Waals surface area contributed by atoms with Gasteiger partial charge in [0, 0.05) is 5.56 Å². The highest BCUT2D eigenvalue weighted by Crippen LogP contribution is 2.45. The Morgan fingerprint density at radius 3 is 2.42 bits per heavy atom. The molecule has 0 unspecified atom stereocenters. The Morgan fingerprint density at radius 2 is 1.77 bits per heavy atom. The molecule has 0 radical (unpaired) electrons. The highest BCUT2D eigenvalue weighted by Gasteiger charge is 2.31. The normalized spacial score (nSPS) is 15.0. The Hall–Kier alpha value is -3.25. The zero-order chi connectivity index (χ0) is 22.6. The van der Waals surface area contributed by atoms with Crippen LogP contribution >= 0.6 is 0 Å². The van der Waals surface area contributed by atoms with Crippen LogP contribution in [-0.4, -0.2) is 26.5 Å². The van der Waals surface area contributed by atoms with Gasteiger partial charge in [-0.05, 0) is 70.4 Å². The van der Waals surface area contributed by atoms with Gasteiger partial charge in [-0.15, -0.1) is 0 Å². The quantitative estimate of drug-likeness (QED) is 0.561. The summed E-state index contributed by atoms with van der Waals surface area (Å²) < 4.78 is 12.1. The third-order valence-corrected chi connectivity index (χ3v) is 5.46. The minimum Gasteiger partial charge on any atom is -0.508 e. The molecule has 6 nitrogen and oxygen atoms in total. The van der Waals surface area contributed by atoms with Gasteiger partial charge in [0.15, 0.2) is 0 Å². The van der Waals surface area contributed by atoms with Crippen LogP contribution in [0.2, 0.25) is 0 Å². The smallest absolute Gasteiger partial charge is 0.204 e. The molecule has 1 aliphatic rings. The molecule has 4 rings (SSSR count). The molecule has 6 heteroatoms. The Kier molecular flexibility index (Phi) is 4.85. The third kappa shape index (κ3) is 3.91. The molecule has 0 bridgehead atoms. The fourth-order valence-corrected chi connectivity index (χ4v) is 3.76. The van der Waals surface area contributed by atoms with E-state index in [-0.39, 0.29) is 33.5 Å². The van der Waals surface area contributed by atoms with Crippen LogP contribution in [0.5, 0.6) is 17.2 Å². The number of aliphatic hydroxyl groups is 1. The Bertz CT molecular complexity index is 1240. The molecular weight excluding hydrogens is 396 g/mol. The molecule has 3 aromatic rings. The zero-order valence-electron chi connectivity index (χ0n) is 18.0. The number of benzene rings is 2. The van der Waals surface area contributed by atoms with E-state index in [2.05, 4.69) is 0 Å². The lowest BCUT2D eigenvalue weighted by molar-refractivity contribution is 0.0709. The molecule has 2 aromatic carbocycles. The van der Waals surface area contributed by atoms with Crippen LogP contribution in [-0.2, 0) is 6.42 Å². The first-order chi connectivity index (χ1) is 14.5. The topological polar surface area (TPSA) is 100 Å². The molecule has 0 saturated carbocycles. The van der Waals surface area contributed by atoms with E-state index in [0.29, 0.717) is 35.3 Å². The van der Waals surface area contributed by atoms with Crippen molar-refractivity contribution < 1.29 is 24.5 Å². The van der Waals surface area contributed by atoms with Gasteiger partial charge in [0.05, 0.1) is 16.7 Å². The second kappa shape index (κ2) is 7.17. The predicted molar refractivity (Wildman–Crippen MR) is 120 cm³/mol. The highest BCUT2D eigenvalue weighted by molar-refractivity contribution is 5.95. The van der Waals surface area contributed by atoms with Crippen LogP contribution in [0.15, 0.2) is 45.8 Å². The Labute approximate surface area is 180 Å². The molecular formula is C25H26O6. The lowest BCUT2D eigenvalue weighted by Gasteiger charge is -2.31. The van der Waals surface area contributed by atoms with Crippen molar-refractivity contribution in [3.05, 3.63) is 58.0 Å². The lowest BCUT2D eigenvalue weighted by Crippen LogP contribution is -2.29. The summed E-state index contributed by atoms with van der Waals surface area (Å²) in [6.07, 6.45) is 5.75. The maximum Gasteiger partial charge on any atom is 0.204 e. The van der Waals surface area contributed by atoms with Crippen LogP contribution in [0.4, 0.5) is 0 Å². The molecule has 3 N–H and O–H groups in total. The van der Waals surface area contributed by atoms with Gasteiger partial charge in [-0.1, -0.05) is 12.1 Å². The van der Waals surface area contributed by atoms with Crippen LogP contribution in [0, 0.1) is 0 Å². The van der Waals surface area contributed by atoms with Crippen molar-refractivity contribution in [2.75, 3.05) is 0 Å². The first-order valence-corrected chi connectivity index (χ1v) is 10.2. The van der Waals surface area contributed by atoms with Crippen LogP contribution < -0.4 is 10.2 Å². The minimum absolute atomic E-state index is 0.0722. The van der Waals surface area contributed by atoms with Gasteiger partial charge in [-0.3, -0.25) is 4.79 Å². The first-order valence-electron chi connectivity index (χ1n) is 10.2. The average Bonchev–Trinajstić information content (AvgIpc) is 2.67. The van der Waals surface area contributed by atoms with E-state index >= 15 is 0 Å². The van der Waals surface area contributed by atoms with Gasteiger partial charge in [0.1, 0.15) is 40.1 Å². The first kappa shape index (κ1) is 21.0. The molecule has 0 aliphatic carbocycles. The van der Waals surface area contributed by atoms with E-state index in [4.69, 9.17) is 9.15 Å². The van der Waals surface area contributed by atoms with Gasteiger partial charge in [0.25, 0.3) is 0 Å². The molecule has 31 heavy (non-hydrogen) atoms. The number of aromatic hydroxyl groups is 2. The number of phenolic OH excluding ortho intramolecular Hbond substituents is 2. The SMILES string of the molecule is CC(C)(O)CCc1c2c(c(O)c3c(=O)c(-c4ccc(O)cc4)coc13)C=CC(C)(C)O2. The Balaban J connectivity index is 2.00. The second-order valence-electron chi connectivity index (χ2n) is 9.15. The van der Waals surface area contributed by atoms with E-state index in [9.17, 15) is 20.1 Å². The summed E-state index contributed by atoms with van der Waals surface area (Å²) in [4.78, 5) is 13.4. The van der Waals surface area contributed by atoms with Gasteiger partial charge < -0.3 is 24.5 Å². The number of aryl methyl sites for hydroxylation is 1. The van der Waals surface area contributed by atoms with Crippen molar-refractivity contribution in [2.45, 2.75) is 51.7 Å². The summed E-state index contributed by atoms with van der Waals surface area (Å²) in [5.74, 6) is 0.352. The number of fused-ring (bicyclic) bond motifs is 2. The molecule has 162 valence electrons. The number of phenols is 2. The van der Waals surface area contributed by atoms with Gasteiger partial charge in [-0.25, -0.2) is 0 Å². The molecule has 1 aliphatic heterocycles. The zero-order valence-corrected chi connectivity index (χ0v) is 18.0. The van der Waals surface area contributed by atoms with Crippen LogP contribution in [0.3, 0.4) is 0 Å². The van der Waals surface area contributed by atoms with Crippen LogP contribution in [0.25, 0.3) is 28.2 Å². The summed E-state index contributed by atoms with van der Waals surface area (Å²) in [6.45, 7) is 7.23. The number of rotatable bonds is 4. The molecule has 1 aromatic heterocycles. The maximum atomic E-state index is 13.4. The number of hydrogen-bond donors (Lipinski definition) is 3. The van der Waals surface area contributed by atoms with Crippen molar-refractivity contribution >= 4 is 17.0 Å². The highest BCUT2D eigenvalue weighted by atomic mass is 16.5. The van der Waals surface area contributed by atoms with Crippen molar-refractivity contribution in [1.29, 1.82) is 0 Å². The molecule has 0 spiro atoms. The standard InChI is InChI=1S/C25H26O6/c1-24(2,29)11-9-17-22-16(10-12-25(3,4)31-22)20(27)19-21(28)18(13-30-23(17)19)14-5-7-15(26)8-6-14/h5-8,10,12-13,26-27,29H,9,11H2,1-4H3. The van der Waals surface area contributed by atoms with E-state index < -0.39 is 11.2 Å². The largest absolute Gasteiger partial charge is 0.508 e. The summed E-state index contributed by atoms with van der Waals surface area (Å²) in [7, 11) is 0. The van der Waals surface area contributed by atoms with Crippen LogP contribution in [0.1, 0.15) is 45.2 Å². The molecule has 0 amide bonds. The van der Waals surface area contributed by atoms with Crippen molar-refractivity contribution in [3.8, 4) is 28.4 Å². The fraction of sp³-hybridized carbons (Fsp3) is 0.320. The van der Waals surface area contributed by atoms with Crippen molar-refractivity contribution in [1.82, 2.24) is 0 Å². The van der Waals surface area contributed by atoms with Gasteiger partial charge in [-0.2, -0.15) is 0 Å². The van der Waals surface area contributed by atoms with Crippen molar-refractivity contribution in [2.24, 2.45) is 0 Å². The predicted octanol–water partition coefficient (Wildman–Crippen LogP) is 4.76. The van der Waals surface area contributed by atoms with E-state index in [1.54, 1.807) is 32.1 Å².